The highest BCUT2D eigenvalue weighted by molar-refractivity contribution is 7.92. The number of halogens is 1. The molecule has 1 N–H and O–H groups in total. The van der Waals surface area contributed by atoms with Gasteiger partial charge in [-0.25, -0.2) is 12.8 Å². The molecule has 1 atom stereocenters. The van der Waals surface area contributed by atoms with Crippen LogP contribution in [0.5, 0.6) is 5.75 Å². The standard InChI is InChI=1S/C33H34FN3O5S/c1-24-16-18-28(19-17-24)43(40,41)37(30-15-8-7-14-29(30)34)23-32(38)36(22-26-12-9-13-27(20-26)42-3)31(33(39)35-2)21-25-10-5-4-6-11-25/h4-20,31H,21-23H2,1-3H3,(H,35,39)/t31-/m0/s1. The van der Waals surface area contributed by atoms with Crippen molar-refractivity contribution in [2.24, 2.45) is 0 Å². The molecule has 0 unspecified atom stereocenters. The fourth-order valence-corrected chi connectivity index (χ4v) is 6.11. The third-order valence-electron chi connectivity index (χ3n) is 7.01. The van der Waals surface area contributed by atoms with E-state index in [4.69, 9.17) is 4.74 Å². The van der Waals surface area contributed by atoms with Gasteiger partial charge in [-0.2, -0.15) is 0 Å². The quantitative estimate of drug-likeness (QED) is 0.253. The minimum atomic E-state index is -4.39. The van der Waals surface area contributed by atoms with E-state index in [-0.39, 0.29) is 23.5 Å². The highest BCUT2D eigenvalue weighted by atomic mass is 32.2. The molecule has 10 heteroatoms. The Labute approximate surface area is 251 Å². The van der Waals surface area contributed by atoms with Gasteiger partial charge in [0.05, 0.1) is 17.7 Å². The molecular weight excluding hydrogens is 569 g/mol. The van der Waals surface area contributed by atoms with E-state index >= 15 is 4.39 Å². The number of rotatable bonds is 12. The first-order valence-electron chi connectivity index (χ1n) is 13.7. The van der Waals surface area contributed by atoms with Crippen molar-refractivity contribution in [3.8, 4) is 5.75 Å². The Morgan fingerprint density at radius 1 is 0.884 bits per heavy atom. The Kier molecular flexibility index (Phi) is 10.2. The minimum Gasteiger partial charge on any atom is -0.497 e. The predicted octanol–water partition coefficient (Wildman–Crippen LogP) is 4.72. The molecule has 0 bridgehead atoms. The number of ether oxygens (including phenoxy) is 1. The van der Waals surface area contributed by atoms with E-state index in [1.165, 1.54) is 49.4 Å². The molecule has 2 amide bonds. The monoisotopic (exact) mass is 603 g/mol. The molecular formula is C33H34FN3O5S. The van der Waals surface area contributed by atoms with Crippen LogP contribution < -0.4 is 14.4 Å². The van der Waals surface area contributed by atoms with E-state index in [1.807, 2.05) is 37.3 Å². The molecule has 43 heavy (non-hydrogen) atoms. The maximum absolute atomic E-state index is 15.2. The lowest BCUT2D eigenvalue weighted by Crippen LogP contribution is -2.53. The van der Waals surface area contributed by atoms with Crippen LogP contribution in [0.2, 0.25) is 0 Å². The number of sulfonamides is 1. The molecule has 0 saturated carbocycles. The van der Waals surface area contributed by atoms with Gasteiger partial charge in [-0.15, -0.1) is 0 Å². The summed E-state index contributed by atoms with van der Waals surface area (Å²) in [6.07, 6.45) is 0.167. The van der Waals surface area contributed by atoms with E-state index < -0.39 is 40.2 Å². The van der Waals surface area contributed by atoms with Crippen molar-refractivity contribution < 1.29 is 27.1 Å². The molecule has 8 nitrogen and oxygen atoms in total. The van der Waals surface area contributed by atoms with Crippen LogP contribution in [0.25, 0.3) is 0 Å². The highest BCUT2D eigenvalue weighted by Gasteiger charge is 2.35. The predicted molar refractivity (Wildman–Crippen MR) is 164 cm³/mol. The number of anilines is 1. The highest BCUT2D eigenvalue weighted by Crippen LogP contribution is 2.27. The second kappa shape index (κ2) is 14.0. The number of methoxy groups -OCH3 is 1. The molecule has 224 valence electrons. The van der Waals surface area contributed by atoms with Crippen molar-refractivity contribution >= 4 is 27.5 Å². The smallest absolute Gasteiger partial charge is 0.264 e. The summed E-state index contributed by atoms with van der Waals surface area (Å²) < 4.78 is 49.1. The molecule has 4 rings (SSSR count). The van der Waals surface area contributed by atoms with Gasteiger partial charge >= 0.3 is 0 Å². The fourth-order valence-electron chi connectivity index (χ4n) is 4.69. The third-order valence-corrected chi connectivity index (χ3v) is 8.79. The summed E-state index contributed by atoms with van der Waals surface area (Å²) in [7, 11) is -1.40. The van der Waals surface area contributed by atoms with Gasteiger partial charge in [0, 0.05) is 20.0 Å². The van der Waals surface area contributed by atoms with Gasteiger partial charge < -0.3 is 15.0 Å². The van der Waals surface area contributed by atoms with Crippen LogP contribution >= 0.6 is 0 Å². The number of aryl methyl sites for hydroxylation is 1. The number of hydrogen-bond donors (Lipinski definition) is 1. The zero-order valence-corrected chi connectivity index (χ0v) is 25.1. The van der Waals surface area contributed by atoms with Gasteiger partial charge in [-0.3, -0.25) is 13.9 Å². The van der Waals surface area contributed by atoms with Crippen molar-refractivity contribution in [3.63, 3.8) is 0 Å². The van der Waals surface area contributed by atoms with Crippen LogP contribution in [0.1, 0.15) is 16.7 Å². The summed E-state index contributed by atoms with van der Waals surface area (Å²) in [5, 5.41) is 2.64. The Morgan fingerprint density at radius 3 is 2.19 bits per heavy atom. The maximum atomic E-state index is 15.2. The van der Waals surface area contributed by atoms with Crippen molar-refractivity contribution in [1.29, 1.82) is 0 Å². The zero-order chi connectivity index (χ0) is 31.0. The number of nitrogens with one attached hydrogen (secondary N) is 1. The van der Waals surface area contributed by atoms with Gasteiger partial charge in [0.2, 0.25) is 11.8 Å². The first-order chi connectivity index (χ1) is 20.6. The molecule has 0 aliphatic heterocycles. The average Bonchev–Trinajstić information content (AvgIpc) is 3.02. The summed E-state index contributed by atoms with van der Waals surface area (Å²) in [5.41, 5.74) is 2.02. The molecule has 0 fully saturated rings. The van der Waals surface area contributed by atoms with E-state index in [0.29, 0.717) is 11.3 Å². The second-order valence-electron chi connectivity index (χ2n) is 9.97. The van der Waals surface area contributed by atoms with Crippen LogP contribution in [0, 0.1) is 12.7 Å². The average molecular weight is 604 g/mol. The number of para-hydroxylation sites is 1. The number of hydrogen-bond acceptors (Lipinski definition) is 5. The Bertz CT molecular complexity index is 1660. The number of benzene rings is 4. The van der Waals surface area contributed by atoms with Crippen molar-refractivity contribution in [3.05, 3.63) is 126 Å². The number of carbonyl (C=O) groups is 2. The first-order valence-corrected chi connectivity index (χ1v) is 15.1. The zero-order valence-electron chi connectivity index (χ0n) is 24.2. The van der Waals surface area contributed by atoms with Crippen LogP contribution in [0.4, 0.5) is 10.1 Å². The molecule has 0 aliphatic carbocycles. The normalized spacial score (nSPS) is 11.8. The van der Waals surface area contributed by atoms with Gasteiger partial charge in [0.25, 0.3) is 10.0 Å². The summed E-state index contributed by atoms with van der Waals surface area (Å²) >= 11 is 0. The maximum Gasteiger partial charge on any atom is 0.264 e. The van der Waals surface area contributed by atoms with Gasteiger partial charge in [-0.1, -0.05) is 72.3 Å². The van der Waals surface area contributed by atoms with Crippen molar-refractivity contribution in [1.82, 2.24) is 10.2 Å². The number of likely N-dealkylation sites (N-methyl/N-ethyl adjacent to an activating group) is 1. The van der Waals surface area contributed by atoms with E-state index in [9.17, 15) is 18.0 Å². The molecule has 0 aliphatic rings. The molecule has 4 aromatic carbocycles. The van der Waals surface area contributed by atoms with Crippen LogP contribution in [-0.4, -0.2) is 51.9 Å². The molecule has 0 aromatic heterocycles. The number of nitrogens with zero attached hydrogens (tertiary/aromatic N) is 2. The largest absolute Gasteiger partial charge is 0.497 e. The third kappa shape index (κ3) is 7.58. The lowest BCUT2D eigenvalue weighted by atomic mass is 10.0. The summed E-state index contributed by atoms with van der Waals surface area (Å²) in [6, 6.07) is 26.7. The lowest BCUT2D eigenvalue weighted by Gasteiger charge is -2.33. The molecule has 0 heterocycles. The Hall–Kier alpha value is -4.70. The second-order valence-corrected chi connectivity index (χ2v) is 11.8. The van der Waals surface area contributed by atoms with Gasteiger partial charge in [0.1, 0.15) is 24.2 Å². The summed E-state index contributed by atoms with van der Waals surface area (Å²) in [4.78, 5) is 28.8. The SMILES string of the molecule is CNC(=O)[C@H](Cc1ccccc1)N(Cc1cccc(OC)c1)C(=O)CN(c1ccccc1F)S(=O)(=O)c1ccc(C)cc1. The molecule has 0 saturated heterocycles. The van der Waals surface area contributed by atoms with Crippen LogP contribution in [-0.2, 0) is 32.6 Å². The summed E-state index contributed by atoms with van der Waals surface area (Å²) in [6.45, 7) is 1.04. The fraction of sp³-hybridized carbons (Fsp3) is 0.212. The van der Waals surface area contributed by atoms with Gasteiger partial charge in [-0.05, 0) is 54.4 Å². The molecule has 4 aromatic rings. The topological polar surface area (TPSA) is 96.0 Å². The first kappa shape index (κ1) is 31.2. The van der Waals surface area contributed by atoms with Crippen molar-refractivity contribution in [2.75, 3.05) is 25.0 Å². The molecule has 0 radical (unpaired) electrons. The van der Waals surface area contributed by atoms with E-state index in [1.54, 1.807) is 36.4 Å². The van der Waals surface area contributed by atoms with Crippen LogP contribution in [0.15, 0.2) is 108 Å². The van der Waals surface area contributed by atoms with Crippen LogP contribution in [0.3, 0.4) is 0 Å². The number of amides is 2. The minimum absolute atomic E-state index is 0.0311. The van der Waals surface area contributed by atoms with Gasteiger partial charge in [0.15, 0.2) is 0 Å². The Balaban J connectivity index is 1.80. The lowest BCUT2D eigenvalue weighted by molar-refractivity contribution is -0.139. The van der Waals surface area contributed by atoms with E-state index in [2.05, 4.69) is 5.32 Å². The number of carbonyl (C=O) groups excluding carboxylic acids is 2. The molecule has 0 spiro atoms. The van der Waals surface area contributed by atoms with E-state index in [0.717, 1.165) is 21.5 Å². The summed E-state index contributed by atoms with van der Waals surface area (Å²) in [5.74, 6) is -1.37. The Morgan fingerprint density at radius 2 is 1.53 bits per heavy atom. The van der Waals surface area contributed by atoms with Crippen molar-refractivity contribution in [2.45, 2.75) is 30.8 Å².